The highest BCUT2D eigenvalue weighted by Crippen LogP contribution is 2.15. The third-order valence-electron chi connectivity index (χ3n) is 2.34. The second-order valence-corrected chi connectivity index (χ2v) is 3.11. The predicted molar refractivity (Wildman–Crippen MR) is 44.3 cm³/mol. The molecule has 0 radical (unpaired) electrons. The minimum atomic E-state index is 0.171. The van der Waals surface area contributed by atoms with Crippen LogP contribution in [0.3, 0.4) is 0 Å². The van der Waals surface area contributed by atoms with Crippen molar-refractivity contribution in [1.29, 1.82) is 0 Å². The van der Waals surface area contributed by atoms with E-state index in [0.717, 1.165) is 19.4 Å². The van der Waals surface area contributed by atoms with Crippen LogP contribution in [0.15, 0.2) is 0 Å². The Kier molecular flexibility index (Phi) is 2.88. The van der Waals surface area contributed by atoms with Gasteiger partial charge < -0.3 is 10.6 Å². The number of carbonyl (C=O) groups excluding carboxylic acids is 1. The standard InChI is InChI=1S/C8H16N2O/c1-6-7(8(11)9-2)4-3-5-10-6/h6-7,10H,3-5H2,1-2H3,(H,9,11)/t6-,7-/m0/s1. The summed E-state index contributed by atoms with van der Waals surface area (Å²) >= 11 is 0. The Balaban J connectivity index is 2.47. The van der Waals surface area contributed by atoms with Crippen LogP contribution >= 0.6 is 0 Å². The lowest BCUT2D eigenvalue weighted by Crippen LogP contribution is -2.45. The molecule has 1 aliphatic heterocycles. The molecule has 1 fully saturated rings. The fourth-order valence-electron chi connectivity index (χ4n) is 1.59. The maximum atomic E-state index is 11.2. The van der Waals surface area contributed by atoms with E-state index in [2.05, 4.69) is 17.6 Å². The van der Waals surface area contributed by atoms with Crippen molar-refractivity contribution in [1.82, 2.24) is 10.6 Å². The highest BCUT2D eigenvalue weighted by Gasteiger charge is 2.26. The van der Waals surface area contributed by atoms with Crippen LogP contribution in [-0.2, 0) is 4.79 Å². The Hall–Kier alpha value is -0.570. The van der Waals surface area contributed by atoms with Crippen LogP contribution in [0, 0.1) is 5.92 Å². The number of piperidine rings is 1. The molecular weight excluding hydrogens is 140 g/mol. The van der Waals surface area contributed by atoms with Gasteiger partial charge in [-0.05, 0) is 26.3 Å². The zero-order valence-electron chi connectivity index (χ0n) is 7.18. The number of nitrogens with one attached hydrogen (secondary N) is 2. The molecule has 1 rings (SSSR count). The first-order valence-electron chi connectivity index (χ1n) is 4.20. The van der Waals surface area contributed by atoms with Crippen LogP contribution in [0.25, 0.3) is 0 Å². The fourth-order valence-corrected chi connectivity index (χ4v) is 1.59. The highest BCUT2D eigenvalue weighted by molar-refractivity contribution is 5.79. The SMILES string of the molecule is CNC(=O)[C@H]1CCCN[C@H]1C. The molecule has 0 aliphatic carbocycles. The van der Waals surface area contributed by atoms with Crippen LogP contribution in [0.2, 0.25) is 0 Å². The average molecular weight is 156 g/mol. The summed E-state index contributed by atoms with van der Waals surface area (Å²) in [7, 11) is 1.70. The first kappa shape index (κ1) is 8.53. The summed E-state index contributed by atoms with van der Waals surface area (Å²) in [5, 5.41) is 5.97. The third-order valence-corrected chi connectivity index (χ3v) is 2.34. The summed E-state index contributed by atoms with van der Waals surface area (Å²) in [6.07, 6.45) is 2.14. The van der Waals surface area contributed by atoms with Gasteiger partial charge >= 0.3 is 0 Å². The van der Waals surface area contributed by atoms with Crippen molar-refractivity contribution in [2.75, 3.05) is 13.6 Å². The zero-order chi connectivity index (χ0) is 8.27. The van der Waals surface area contributed by atoms with Gasteiger partial charge in [0.15, 0.2) is 0 Å². The molecule has 1 amide bonds. The number of rotatable bonds is 1. The first-order chi connectivity index (χ1) is 5.25. The molecule has 0 aromatic heterocycles. The number of amides is 1. The van der Waals surface area contributed by atoms with E-state index in [1.54, 1.807) is 7.05 Å². The van der Waals surface area contributed by atoms with Crippen LogP contribution in [0.5, 0.6) is 0 Å². The van der Waals surface area contributed by atoms with Gasteiger partial charge in [0, 0.05) is 13.1 Å². The summed E-state index contributed by atoms with van der Waals surface area (Å²) in [5.41, 5.74) is 0. The van der Waals surface area contributed by atoms with Crippen LogP contribution in [0.1, 0.15) is 19.8 Å². The molecule has 3 heteroatoms. The molecule has 11 heavy (non-hydrogen) atoms. The second kappa shape index (κ2) is 3.72. The molecule has 2 N–H and O–H groups in total. The Morgan fingerprint density at radius 1 is 1.64 bits per heavy atom. The first-order valence-corrected chi connectivity index (χ1v) is 4.20. The van der Waals surface area contributed by atoms with Crippen LogP contribution < -0.4 is 10.6 Å². The lowest BCUT2D eigenvalue weighted by atomic mass is 9.91. The van der Waals surface area contributed by atoms with Crippen molar-refractivity contribution in [2.45, 2.75) is 25.8 Å². The molecule has 64 valence electrons. The van der Waals surface area contributed by atoms with E-state index >= 15 is 0 Å². The monoisotopic (exact) mass is 156 g/mol. The Morgan fingerprint density at radius 3 is 2.91 bits per heavy atom. The summed E-state index contributed by atoms with van der Waals surface area (Å²) in [5.74, 6) is 0.346. The molecule has 0 saturated carbocycles. The number of carbonyl (C=O) groups is 1. The van der Waals surface area contributed by atoms with E-state index in [0.29, 0.717) is 6.04 Å². The van der Waals surface area contributed by atoms with Crippen molar-refractivity contribution < 1.29 is 4.79 Å². The summed E-state index contributed by atoms with van der Waals surface area (Å²) in [6.45, 7) is 3.12. The normalized spacial score (nSPS) is 31.5. The molecule has 0 aromatic carbocycles. The van der Waals surface area contributed by atoms with Crippen molar-refractivity contribution in [3.63, 3.8) is 0 Å². The third kappa shape index (κ3) is 1.93. The van der Waals surface area contributed by atoms with Crippen molar-refractivity contribution in [3.05, 3.63) is 0 Å². The van der Waals surface area contributed by atoms with Gasteiger partial charge in [-0.3, -0.25) is 4.79 Å². The largest absolute Gasteiger partial charge is 0.359 e. The van der Waals surface area contributed by atoms with Crippen LogP contribution in [0.4, 0.5) is 0 Å². The van der Waals surface area contributed by atoms with Crippen molar-refractivity contribution in [2.24, 2.45) is 5.92 Å². The van der Waals surface area contributed by atoms with Gasteiger partial charge in [0.2, 0.25) is 5.91 Å². The minimum absolute atomic E-state index is 0.171. The maximum absolute atomic E-state index is 11.2. The predicted octanol–water partition coefficient (Wildman–Crippen LogP) is 0.120. The molecule has 0 bridgehead atoms. The van der Waals surface area contributed by atoms with Gasteiger partial charge in [-0.1, -0.05) is 0 Å². The molecule has 1 aliphatic rings. The molecule has 3 nitrogen and oxygen atoms in total. The number of hydrogen-bond acceptors (Lipinski definition) is 2. The van der Waals surface area contributed by atoms with Crippen molar-refractivity contribution >= 4 is 5.91 Å². The van der Waals surface area contributed by atoms with E-state index in [1.807, 2.05) is 0 Å². The summed E-state index contributed by atoms with van der Waals surface area (Å²) in [6, 6.07) is 0.337. The number of hydrogen-bond donors (Lipinski definition) is 2. The van der Waals surface area contributed by atoms with E-state index in [9.17, 15) is 4.79 Å². The Morgan fingerprint density at radius 2 is 2.36 bits per heavy atom. The van der Waals surface area contributed by atoms with E-state index in [-0.39, 0.29) is 11.8 Å². The van der Waals surface area contributed by atoms with Crippen molar-refractivity contribution in [3.8, 4) is 0 Å². The highest BCUT2D eigenvalue weighted by atomic mass is 16.1. The topological polar surface area (TPSA) is 41.1 Å². The minimum Gasteiger partial charge on any atom is -0.359 e. The van der Waals surface area contributed by atoms with Gasteiger partial charge in [-0.25, -0.2) is 0 Å². The lowest BCUT2D eigenvalue weighted by Gasteiger charge is -2.28. The second-order valence-electron chi connectivity index (χ2n) is 3.11. The van der Waals surface area contributed by atoms with Gasteiger partial charge in [0.1, 0.15) is 0 Å². The smallest absolute Gasteiger partial charge is 0.224 e. The van der Waals surface area contributed by atoms with Crippen LogP contribution in [-0.4, -0.2) is 25.5 Å². The molecular formula is C8H16N2O. The molecule has 1 saturated heterocycles. The summed E-state index contributed by atoms with van der Waals surface area (Å²) in [4.78, 5) is 11.2. The molecule has 1 heterocycles. The molecule has 0 aromatic rings. The van der Waals surface area contributed by atoms with Gasteiger partial charge in [0.05, 0.1) is 5.92 Å². The van der Waals surface area contributed by atoms with E-state index < -0.39 is 0 Å². The van der Waals surface area contributed by atoms with Gasteiger partial charge in [-0.15, -0.1) is 0 Å². The zero-order valence-corrected chi connectivity index (χ0v) is 7.18. The summed E-state index contributed by atoms with van der Waals surface area (Å²) < 4.78 is 0. The quantitative estimate of drug-likeness (QED) is 0.566. The lowest BCUT2D eigenvalue weighted by molar-refractivity contribution is -0.126. The molecule has 0 unspecified atom stereocenters. The maximum Gasteiger partial charge on any atom is 0.224 e. The fraction of sp³-hybridized carbons (Fsp3) is 0.875. The Labute approximate surface area is 67.5 Å². The molecule has 0 spiro atoms. The molecule has 2 atom stereocenters. The van der Waals surface area contributed by atoms with E-state index in [1.165, 1.54) is 0 Å². The Bertz CT molecular complexity index is 147. The average Bonchev–Trinajstić information content (AvgIpc) is 2.04. The van der Waals surface area contributed by atoms with Gasteiger partial charge in [-0.2, -0.15) is 0 Å². The van der Waals surface area contributed by atoms with Gasteiger partial charge in [0.25, 0.3) is 0 Å². The van der Waals surface area contributed by atoms with E-state index in [4.69, 9.17) is 0 Å².